The molecule has 1 saturated carbocycles. The van der Waals surface area contributed by atoms with Crippen LogP contribution in [-0.4, -0.2) is 13.1 Å². The van der Waals surface area contributed by atoms with E-state index in [2.05, 4.69) is 19.2 Å². The molecule has 1 N–H and O–H groups in total. The highest BCUT2D eigenvalue weighted by atomic mass is 14.9. The fourth-order valence-corrected chi connectivity index (χ4v) is 1.39. The molecule has 1 fully saturated rings. The summed E-state index contributed by atoms with van der Waals surface area (Å²) in [6.45, 7) is 7.08. The van der Waals surface area contributed by atoms with Gasteiger partial charge in [0, 0.05) is 0 Å². The lowest BCUT2D eigenvalue weighted by molar-refractivity contribution is 0.445. The lowest BCUT2D eigenvalue weighted by Gasteiger charge is -2.12. The fourth-order valence-electron chi connectivity index (χ4n) is 1.39. The molecular weight excluding hydrogens is 134 g/mol. The lowest BCUT2D eigenvalue weighted by Crippen LogP contribution is -2.24. The van der Waals surface area contributed by atoms with E-state index in [0.717, 1.165) is 11.8 Å². The van der Waals surface area contributed by atoms with Crippen LogP contribution in [0.15, 0.2) is 0 Å². The highest BCUT2D eigenvalue weighted by Crippen LogP contribution is 2.27. The Labute approximate surface area is 70.6 Å². The van der Waals surface area contributed by atoms with Crippen molar-refractivity contribution in [2.75, 3.05) is 13.1 Å². The van der Waals surface area contributed by atoms with Crippen molar-refractivity contribution in [1.82, 2.24) is 5.32 Å². The second kappa shape index (κ2) is 4.76. The Bertz CT molecular complexity index is 93.0. The summed E-state index contributed by atoms with van der Waals surface area (Å²) in [6.07, 6.45) is 5.59. The first kappa shape index (κ1) is 9.05. The summed E-state index contributed by atoms with van der Waals surface area (Å²) in [5.41, 5.74) is 0. The molecule has 0 radical (unpaired) electrons. The number of hydrogen-bond acceptors (Lipinski definition) is 1. The quantitative estimate of drug-likeness (QED) is 0.621. The van der Waals surface area contributed by atoms with Crippen LogP contribution < -0.4 is 5.32 Å². The second-order valence-corrected chi connectivity index (χ2v) is 3.78. The Morgan fingerprint density at radius 2 is 1.91 bits per heavy atom. The first-order chi connectivity index (χ1) is 5.36. The minimum Gasteiger partial charge on any atom is -0.316 e. The van der Waals surface area contributed by atoms with Gasteiger partial charge in [0.25, 0.3) is 0 Å². The summed E-state index contributed by atoms with van der Waals surface area (Å²) in [5, 5.41) is 3.55. The van der Waals surface area contributed by atoms with E-state index in [9.17, 15) is 0 Å². The van der Waals surface area contributed by atoms with Crippen LogP contribution in [0.1, 0.15) is 39.5 Å². The van der Waals surface area contributed by atoms with Gasteiger partial charge in [-0.1, -0.05) is 26.7 Å². The zero-order chi connectivity index (χ0) is 8.10. The van der Waals surface area contributed by atoms with Crippen molar-refractivity contribution in [2.45, 2.75) is 39.5 Å². The van der Waals surface area contributed by atoms with Crippen LogP contribution in [0.5, 0.6) is 0 Å². The molecule has 0 heterocycles. The van der Waals surface area contributed by atoms with Crippen molar-refractivity contribution in [1.29, 1.82) is 0 Å². The van der Waals surface area contributed by atoms with Gasteiger partial charge >= 0.3 is 0 Å². The molecule has 0 aliphatic heterocycles. The first-order valence-electron chi connectivity index (χ1n) is 5.07. The van der Waals surface area contributed by atoms with Gasteiger partial charge in [-0.3, -0.25) is 0 Å². The molecule has 0 atom stereocenters. The van der Waals surface area contributed by atoms with Crippen molar-refractivity contribution >= 4 is 0 Å². The average Bonchev–Trinajstić information content (AvgIpc) is 2.82. The number of nitrogens with one attached hydrogen (secondary N) is 1. The maximum atomic E-state index is 3.55. The molecule has 0 aromatic heterocycles. The molecule has 0 aromatic carbocycles. The van der Waals surface area contributed by atoms with Crippen LogP contribution >= 0.6 is 0 Å². The summed E-state index contributed by atoms with van der Waals surface area (Å²) >= 11 is 0. The topological polar surface area (TPSA) is 12.0 Å². The Hall–Kier alpha value is -0.0400. The minimum absolute atomic E-state index is 0.911. The molecule has 0 aromatic rings. The van der Waals surface area contributed by atoms with Gasteiger partial charge < -0.3 is 5.32 Å². The van der Waals surface area contributed by atoms with Gasteiger partial charge in [0.05, 0.1) is 0 Å². The lowest BCUT2D eigenvalue weighted by atomic mass is 10.0. The van der Waals surface area contributed by atoms with Crippen molar-refractivity contribution in [3.05, 3.63) is 0 Å². The standard InChI is InChI=1S/C10H21N/c1-3-9(4-2)7-11-8-10-5-6-10/h9-11H,3-8H2,1-2H3. The van der Waals surface area contributed by atoms with Gasteiger partial charge in [-0.05, 0) is 37.8 Å². The molecule has 1 aliphatic rings. The monoisotopic (exact) mass is 155 g/mol. The zero-order valence-electron chi connectivity index (χ0n) is 7.90. The van der Waals surface area contributed by atoms with Gasteiger partial charge in [-0.15, -0.1) is 0 Å². The van der Waals surface area contributed by atoms with Crippen LogP contribution in [0.4, 0.5) is 0 Å². The predicted molar refractivity (Wildman–Crippen MR) is 49.7 cm³/mol. The van der Waals surface area contributed by atoms with E-state index in [4.69, 9.17) is 0 Å². The highest BCUT2D eigenvalue weighted by molar-refractivity contribution is 4.75. The molecule has 1 rings (SSSR count). The highest BCUT2D eigenvalue weighted by Gasteiger charge is 2.20. The van der Waals surface area contributed by atoms with Crippen molar-refractivity contribution in [3.8, 4) is 0 Å². The van der Waals surface area contributed by atoms with Crippen LogP contribution in [0.3, 0.4) is 0 Å². The van der Waals surface area contributed by atoms with Crippen molar-refractivity contribution in [3.63, 3.8) is 0 Å². The van der Waals surface area contributed by atoms with Crippen LogP contribution in [0, 0.1) is 11.8 Å². The molecule has 0 spiro atoms. The molecule has 0 amide bonds. The molecule has 1 heteroatoms. The molecule has 0 unspecified atom stereocenters. The average molecular weight is 155 g/mol. The van der Waals surface area contributed by atoms with E-state index in [1.807, 2.05) is 0 Å². The summed E-state index contributed by atoms with van der Waals surface area (Å²) in [4.78, 5) is 0. The number of hydrogen-bond donors (Lipinski definition) is 1. The van der Waals surface area contributed by atoms with Crippen LogP contribution in [0.2, 0.25) is 0 Å². The van der Waals surface area contributed by atoms with Gasteiger partial charge in [-0.25, -0.2) is 0 Å². The zero-order valence-corrected chi connectivity index (χ0v) is 7.90. The summed E-state index contributed by atoms with van der Waals surface area (Å²) in [5.74, 6) is 1.94. The van der Waals surface area contributed by atoms with E-state index >= 15 is 0 Å². The Morgan fingerprint density at radius 1 is 1.27 bits per heavy atom. The molecule has 66 valence electrons. The summed E-state index contributed by atoms with van der Waals surface area (Å²) < 4.78 is 0. The van der Waals surface area contributed by atoms with E-state index in [1.165, 1.54) is 38.8 Å². The smallest absolute Gasteiger partial charge is 0.00204 e. The van der Waals surface area contributed by atoms with Gasteiger partial charge in [-0.2, -0.15) is 0 Å². The largest absolute Gasteiger partial charge is 0.316 e. The third-order valence-corrected chi connectivity index (χ3v) is 2.72. The van der Waals surface area contributed by atoms with Crippen LogP contribution in [-0.2, 0) is 0 Å². The molecule has 1 aliphatic carbocycles. The molecule has 1 nitrogen and oxygen atoms in total. The summed E-state index contributed by atoms with van der Waals surface area (Å²) in [7, 11) is 0. The van der Waals surface area contributed by atoms with Gasteiger partial charge in [0.15, 0.2) is 0 Å². The second-order valence-electron chi connectivity index (χ2n) is 3.78. The Morgan fingerprint density at radius 3 is 2.36 bits per heavy atom. The predicted octanol–water partition coefficient (Wildman–Crippen LogP) is 2.42. The maximum Gasteiger partial charge on any atom is -0.00204 e. The molecular formula is C10H21N. The van der Waals surface area contributed by atoms with Gasteiger partial charge in [0.2, 0.25) is 0 Å². The maximum absolute atomic E-state index is 3.55. The molecule has 11 heavy (non-hydrogen) atoms. The third kappa shape index (κ3) is 3.76. The molecule has 0 bridgehead atoms. The van der Waals surface area contributed by atoms with Crippen LogP contribution in [0.25, 0.3) is 0 Å². The SMILES string of the molecule is CCC(CC)CNCC1CC1. The van der Waals surface area contributed by atoms with E-state index in [-0.39, 0.29) is 0 Å². The third-order valence-electron chi connectivity index (χ3n) is 2.72. The normalized spacial score (nSPS) is 17.7. The first-order valence-corrected chi connectivity index (χ1v) is 5.07. The number of rotatable bonds is 6. The Kier molecular flexibility index (Phi) is 3.92. The van der Waals surface area contributed by atoms with Crippen molar-refractivity contribution < 1.29 is 0 Å². The summed E-state index contributed by atoms with van der Waals surface area (Å²) in [6, 6.07) is 0. The van der Waals surface area contributed by atoms with Gasteiger partial charge in [0.1, 0.15) is 0 Å². The van der Waals surface area contributed by atoms with E-state index in [0.29, 0.717) is 0 Å². The minimum atomic E-state index is 0.911. The van der Waals surface area contributed by atoms with Crippen molar-refractivity contribution in [2.24, 2.45) is 11.8 Å². The molecule has 0 saturated heterocycles. The fraction of sp³-hybridized carbons (Fsp3) is 1.00. The van der Waals surface area contributed by atoms with E-state index in [1.54, 1.807) is 0 Å². The Balaban J connectivity index is 1.90. The van der Waals surface area contributed by atoms with E-state index < -0.39 is 0 Å².